The van der Waals surface area contributed by atoms with Gasteiger partial charge in [0, 0.05) is 24.0 Å². The number of nitrogens with one attached hydrogen (secondary N) is 2. The first kappa shape index (κ1) is 28.3. The first-order valence-corrected chi connectivity index (χ1v) is 12.8. The van der Waals surface area contributed by atoms with Gasteiger partial charge in [-0.05, 0) is 79.5 Å². The number of amides is 1. The van der Waals surface area contributed by atoms with Crippen molar-refractivity contribution in [3.63, 3.8) is 0 Å². The zero-order valence-corrected chi connectivity index (χ0v) is 21.6. The lowest BCUT2D eigenvalue weighted by molar-refractivity contribution is -0.109. The number of aliphatic hydroxyl groups is 1. The monoisotopic (exact) mass is 523 g/mol. The van der Waals surface area contributed by atoms with Gasteiger partial charge in [-0.15, -0.1) is 12.6 Å². The van der Waals surface area contributed by atoms with Gasteiger partial charge >= 0.3 is 0 Å². The van der Waals surface area contributed by atoms with Gasteiger partial charge in [-0.1, -0.05) is 24.3 Å². The second-order valence-electron chi connectivity index (χ2n) is 9.41. The highest BCUT2D eigenvalue weighted by Crippen LogP contribution is 2.35. The van der Waals surface area contributed by atoms with Gasteiger partial charge in [0.1, 0.15) is 11.9 Å². The average Bonchev–Trinajstić information content (AvgIpc) is 2.87. The van der Waals surface area contributed by atoms with Crippen molar-refractivity contribution in [1.82, 2.24) is 5.32 Å². The van der Waals surface area contributed by atoms with Crippen molar-refractivity contribution in [2.45, 2.75) is 50.2 Å². The lowest BCUT2D eigenvalue weighted by Crippen LogP contribution is -2.43. The molecule has 196 valence electrons. The Morgan fingerprint density at radius 1 is 1.27 bits per heavy atom. The van der Waals surface area contributed by atoms with E-state index in [-0.39, 0.29) is 11.6 Å². The summed E-state index contributed by atoms with van der Waals surface area (Å²) in [5, 5.41) is 25.3. The van der Waals surface area contributed by atoms with Crippen molar-refractivity contribution >= 4 is 40.9 Å². The Kier molecular flexibility index (Phi) is 10.1. The highest BCUT2D eigenvalue weighted by atomic mass is 32.1. The van der Waals surface area contributed by atoms with E-state index in [1.165, 1.54) is 12.1 Å². The van der Waals surface area contributed by atoms with Crippen LogP contribution in [0.3, 0.4) is 0 Å². The van der Waals surface area contributed by atoms with Crippen LogP contribution in [0.25, 0.3) is 10.5 Å². The quantitative estimate of drug-likeness (QED) is 0.0581. The minimum Gasteiger partial charge on any atom is -0.397 e. The molecule has 1 amide bonds. The van der Waals surface area contributed by atoms with Crippen molar-refractivity contribution in [2.75, 3.05) is 24.1 Å². The maximum Gasteiger partial charge on any atom is 0.207 e. The zero-order valence-electron chi connectivity index (χ0n) is 20.7. The van der Waals surface area contributed by atoms with Gasteiger partial charge in [0.15, 0.2) is 0 Å². The zero-order chi connectivity index (χ0) is 26.8. The molecule has 0 saturated heterocycles. The number of carbonyl (C=O) groups excluding carboxylic acids is 1. The van der Waals surface area contributed by atoms with E-state index in [1.807, 2.05) is 30.4 Å². The second-order valence-corrected chi connectivity index (χ2v) is 9.86. The molecule has 2 aromatic carbocycles. The smallest absolute Gasteiger partial charge is 0.207 e. The number of hydrogen-bond acceptors (Lipinski definition) is 7. The number of benzene rings is 2. The Morgan fingerprint density at radius 2 is 2.03 bits per heavy atom. The molecule has 37 heavy (non-hydrogen) atoms. The Morgan fingerprint density at radius 3 is 2.65 bits per heavy atom. The minimum absolute atomic E-state index is 0.0356. The molecule has 1 atom stereocenters. The summed E-state index contributed by atoms with van der Waals surface area (Å²) in [6.45, 7) is 1.01. The lowest BCUT2D eigenvalue weighted by atomic mass is 9.80. The van der Waals surface area contributed by atoms with Crippen LogP contribution in [0.2, 0.25) is 0 Å². The summed E-state index contributed by atoms with van der Waals surface area (Å²) in [6.07, 6.45) is 9.09. The number of nitriles is 1. The fourth-order valence-electron chi connectivity index (χ4n) is 4.14. The molecule has 7 N–H and O–H groups in total. The van der Waals surface area contributed by atoms with Crippen molar-refractivity contribution in [3.8, 4) is 6.07 Å². The van der Waals surface area contributed by atoms with Gasteiger partial charge in [-0.3, -0.25) is 4.79 Å². The molecule has 9 heteroatoms. The maximum atomic E-state index is 14.5. The van der Waals surface area contributed by atoms with E-state index in [1.54, 1.807) is 12.1 Å². The van der Waals surface area contributed by atoms with Crippen LogP contribution in [0.5, 0.6) is 0 Å². The van der Waals surface area contributed by atoms with E-state index in [2.05, 4.69) is 10.6 Å². The molecule has 1 saturated carbocycles. The molecule has 0 heterocycles. The highest BCUT2D eigenvalue weighted by Gasteiger charge is 2.34. The summed E-state index contributed by atoms with van der Waals surface area (Å²) < 4.78 is 14.5. The van der Waals surface area contributed by atoms with Crippen molar-refractivity contribution < 1.29 is 14.3 Å². The molecule has 0 spiro atoms. The van der Waals surface area contributed by atoms with Crippen LogP contribution < -0.4 is 22.1 Å². The Hall–Kier alpha value is -3.32. The molecule has 1 aliphatic rings. The van der Waals surface area contributed by atoms with E-state index in [9.17, 15) is 14.3 Å². The minimum atomic E-state index is -0.677. The predicted octanol–water partition coefficient (Wildman–Crippen LogP) is 4.20. The average molecular weight is 524 g/mol. The fraction of sp³-hybridized carbons (Fsp3) is 0.357. The van der Waals surface area contributed by atoms with Crippen molar-refractivity contribution in [2.24, 2.45) is 5.73 Å². The Bertz CT molecular complexity index is 1200. The number of rotatable bonds is 13. The van der Waals surface area contributed by atoms with E-state index < -0.39 is 11.4 Å². The lowest BCUT2D eigenvalue weighted by Gasteiger charge is -2.37. The van der Waals surface area contributed by atoms with Gasteiger partial charge in [0.25, 0.3) is 0 Å². The number of nitrogens with two attached hydrogens (primary N) is 2. The Labute approximate surface area is 222 Å². The molecule has 0 aliphatic heterocycles. The molecule has 3 rings (SSSR count). The van der Waals surface area contributed by atoms with Gasteiger partial charge in [0.05, 0.1) is 22.5 Å². The summed E-state index contributed by atoms with van der Waals surface area (Å²) >= 11 is 4.77. The largest absolute Gasteiger partial charge is 0.397 e. The van der Waals surface area contributed by atoms with Gasteiger partial charge in [-0.25, -0.2) is 4.39 Å². The van der Waals surface area contributed by atoms with Crippen LogP contribution >= 0.6 is 12.6 Å². The van der Waals surface area contributed by atoms with Gasteiger partial charge in [-0.2, -0.15) is 5.26 Å². The number of thiol groups is 1. The second kappa shape index (κ2) is 13.3. The fourth-order valence-corrected chi connectivity index (χ4v) is 4.48. The number of carbonyl (C=O) groups is 1. The number of anilines is 2. The highest BCUT2D eigenvalue weighted by molar-refractivity contribution is 7.90. The van der Waals surface area contributed by atoms with E-state index in [4.69, 9.17) is 29.4 Å². The maximum absolute atomic E-state index is 14.5. The third-order valence-corrected chi connectivity index (χ3v) is 7.07. The normalized spacial score (nSPS) is 15.9. The van der Waals surface area contributed by atoms with Crippen molar-refractivity contribution in [3.05, 3.63) is 71.1 Å². The molecule has 2 aromatic rings. The summed E-state index contributed by atoms with van der Waals surface area (Å²) in [7, 11) is 0. The van der Waals surface area contributed by atoms with E-state index in [0.717, 1.165) is 43.4 Å². The van der Waals surface area contributed by atoms with Crippen LogP contribution in [0.4, 0.5) is 15.8 Å². The molecule has 0 radical (unpaired) electrons. The van der Waals surface area contributed by atoms with Gasteiger partial charge in [0.2, 0.25) is 6.41 Å². The SMILES string of the molecule is N#Cc1ccc(C(/C=C/CC(N)CCCNC=O)=C(/S)c2ccc(NCC3(O)CCC3)c(N)c2)cc1F. The molecule has 0 aromatic heterocycles. The number of halogens is 1. The third kappa shape index (κ3) is 7.83. The standard InChI is InChI=1S/C28H34FN5O2S/c29-24-14-19(7-8-21(24)16-30)23(6-1-4-22(31)5-2-13-33-18-35)27(37)20-9-10-26(25(32)15-20)34-17-28(36)11-3-12-28/h1,6-10,14-15,18,22,34,36-37H,2-5,11-13,17,31-32H2,(H,33,35)/b6-1+,27-23+. The summed E-state index contributed by atoms with van der Waals surface area (Å²) in [5.74, 6) is -0.612. The number of hydrogen-bond donors (Lipinski definition) is 6. The molecule has 1 aliphatic carbocycles. The van der Waals surface area contributed by atoms with Crippen molar-refractivity contribution in [1.29, 1.82) is 5.26 Å². The van der Waals surface area contributed by atoms with E-state index >= 15 is 0 Å². The first-order chi connectivity index (χ1) is 17.8. The van der Waals surface area contributed by atoms with Crippen LogP contribution in [0.15, 0.2) is 48.6 Å². The van der Waals surface area contributed by atoms with Crippen LogP contribution in [0, 0.1) is 17.1 Å². The molecule has 7 nitrogen and oxygen atoms in total. The number of allylic oxidation sites excluding steroid dienone is 2. The predicted molar refractivity (Wildman–Crippen MR) is 150 cm³/mol. The van der Waals surface area contributed by atoms with Crippen LogP contribution in [-0.2, 0) is 4.79 Å². The summed E-state index contributed by atoms with van der Waals surface area (Å²) in [5.41, 5.74) is 15.0. The molecule has 0 bridgehead atoms. The first-order valence-electron chi connectivity index (χ1n) is 12.3. The van der Waals surface area contributed by atoms with E-state index in [0.29, 0.717) is 47.6 Å². The van der Waals surface area contributed by atoms with Crippen LogP contribution in [-0.4, -0.2) is 36.2 Å². The molecular weight excluding hydrogens is 489 g/mol. The number of nitrogen functional groups attached to an aromatic ring is 1. The van der Waals surface area contributed by atoms with Crippen LogP contribution in [0.1, 0.15) is 55.2 Å². The third-order valence-electron chi connectivity index (χ3n) is 6.58. The van der Waals surface area contributed by atoms with Gasteiger partial charge < -0.3 is 27.2 Å². The molecule has 1 fully saturated rings. The summed E-state index contributed by atoms with van der Waals surface area (Å²) in [6, 6.07) is 11.7. The topological polar surface area (TPSA) is 137 Å². The summed E-state index contributed by atoms with van der Waals surface area (Å²) in [4.78, 5) is 11.0. The number of nitrogens with zero attached hydrogens (tertiary/aromatic N) is 1. The molecular formula is C28H34FN5O2S. The Balaban J connectivity index is 1.84. The molecule has 1 unspecified atom stereocenters.